The van der Waals surface area contributed by atoms with Crippen LogP contribution in [0.2, 0.25) is 0 Å². The molecule has 0 saturated carbocycles. The van der Waals surface area contributed by atoms with E-state index in [4.69, 9.17) is 17.0 Å². The lowest BCUT2D eigenvalue weighted by molar-refractivity contribution is 0.0730. The lowest BCUT2D eigenvalue weighted by atomic mass is 10.0. The summed E-state index contributed by atoms with van der Waals surface area (Å²) in [5, 5.41) is 6.83. The van der Waals surface area contributed by atoms with Crippen molar-refractivity contribution in [2.45, 2.75) is 11.3 Å². The normalized spacial score (nSPS) is 14.6. The molecule has 8 heteroatoms. The molecule has 0 aliphatic carbocycles. The van der Waals surface area contributed by atoms with Gasteiger partial charge in [-0.05, 0) is 60.1 Å². The Kier molecular flexibility index (Phi) is 7.16. The molecular weight excluding hydrogens is 442 g/mol. The Morgan fingerprint density at radius 1 is 0.875 bits per heavy atom. The Hall–Kier alpha value is -2.78. The van der Waals surface area contributed by atoms with Crippen molar-refractivity contribution >= 4 is 38.7 Å². The van der Waals surface area contributed by atoms with Gasteiger partial charge in [0, 0.05) is 24.5 Å². The monoisotopic (exact) mass is 467 g/mol. The van der Waals surface area contributed by atoms with Crippen molar-refractivity contribution in [3.05, 3.63) is 90.0 Å². The minimum atomic E-state index is -3.51. The zero-order valence-corrected chi connectivity index (χ0v) is 19.2. The molecule has 0 amide bonds. The van der Waals surface area contributed by atoms with Crippen molar-refractivity contribution in [3.8, 4) is 0 Å². The van der Waals surface area contributed by atoms with Crippen molar-refractivity contribution in [2.24, 2.45) is 0 Å². The summed E-state index contributed by atoms with van der Waals surface area (Å²) in [5.41, 5.74) is 4.00. The highest BCUT2D eigenvalue weighted by Crippen LogP contribution is 2.21. The topological polar surface area (TPSA) is 70.7 Å². The third-order valence-corrected chi connectivity index (χ3v) is 7.34. The highest BCUT2D eigenvalue weighted by Gasteiger charge is 2.26. The summed E-state index contributed by atoms with van der Waals surface area (Å²) in [6.45, 7) is 1.59. The van der Waals surface area contributed by atoms with Gasteiger partial charge in [-0.25, -0.2) is 8.42 Å². The Labute approximate surface area is 194 Å². The van der Waals surface area contributed by atoms with Crippen LogP contribution in [0.4, 0.5) is 11.4 Å². The molecule has 32 heavy (non-hydrogen) atoms. The fourth-order valence-corrected chi connectivity index (χ4v) is 5.18. The summed E-state index contributed by atoms with van der Waals surface area (Å²) >= 11 is 5.49. The molecule has 1 saturated heterocycles. The first-order valence-electron chi connectivity index (χ1n) is 10.4. The molecule has 1 heterocycles. The minimum absolute atomic E-state index is 0.261. The van der Waals surface area contributed by atoms with Gasteiger partial charge in [0.05, 0.1) is 18.1 Å². The summed E-state index contributed by atoms with van der Waals surface area (Å²) in [4.78, 5) is 0.261. The Morgan fingerprint density at radius 3 is 2.25 bits per heavy atom. The van der Waals surface area contributed by atoms with E-state index in [0.29, 0.717) is 37.1 Å². The summed E-state index contributed by atoms with van der Waals surface area (Å²) in [6.07, 6.45) is 0.792. The van der Waals surface area contributed by atoms with Gasteiger partial charge in [0.15, 0.2) is 5.11 Å². The van der Waals surface area contributed by atoms with E-state index in [-0.39, 0.29) is 4.90 Å². The molecule has 0 bridgehead atoms. The molecule has 1 aliphatic heterocycles. The largest absolute Gasteiger partial charge is 0.379 e. The third-order valence-electron chi connectivity index (χ3n) is 5.22. The molecule has 1 aliphatic rings. The molecular formula is C24H25N3O3S2. The summed E-state index contributed by atoms with van der Waals surface area (Å²) < 4.78 is 32.2. The van der Waals surface area contributed by atoms with Gasteiger partial charge >= 0.3 is 0 Å². The molecule has 0 aromatic heterocycles. The average molecular weight is 468 g/mol. The second kappa shape index (κ2) is 10.2. The van der Waals surface area contributed by atoms with Crippen LogP contribution in [0, 0.1) is 0 Å². The number of anilines is 2. The lowest BCUT2D eigenvalue weighted by Crippen LogP contribution is -2.40. The number of thiocarbonyl (C=S) groups is 1. The first-order chi connectivity index (χ1) is 15.5. The number of nitrogens with zero attached hydrogens (tertiary/aromatic N) is 1. The number of ether oxygens (including phenoxy) is 1. The smallest absolute Gasteiger partial charge is 0.243 e. The Morgan fingerprint density at radius 2 is 1.53 bits per heavy atom. The molecule has 6 nitrogen and oxygen atoms in total. The van der Waals surface area contributed by atoms with E-state index in [0.717, 1.165) is 17.7 Å². The molecule has 0 atom stereocenters. The van der Waals surface area contributed by atoms with Crippen molar-refractivity contribution in [1.29, 1.82) is 0 Å². The SMILES string of the molecule is O=S(=O)(c1ccc(NC(=S)Nc2ccccc2Cc2ccccc2)cc1)N1CCOCC1. The first kappa shape index (κ1) is 22.4. The van der Waals surface area contributed by atoms with Crippen molar-refractivity contribution in [3.63, 3.8) is 0 Å². The predicted octanol–water partition coefficient (Wildman–Crippen LogP) is 4.11. The fraction of sp³-hybridized carbons (Fsp3) is 0.208. The summed E-state index contributed by atoms with van der Waals surface area (Å²) in [6, 6.07) is 24.9. The number of benzene rings is 3. The van der Waals surface area contributed by atoms with Crippen LogP contribution in [-0.2, 0) is 21.2 Å². The van der Waals surface area contributed by atoms with Crippen LogP contribution in [0.3, 0.4) is 0 Å². The van der Waals surface area contributed by atoms with Gasteiger partial charge in [-0.2, -0.15) is 4.31 Å². The van der Waals surface area contributed by atoms with Gasteiger partial charge in [0.25, 0.3) is 0 Å². The van der Waals surface area contributed by atoms with E-state index < -0.39 is 10.0 Å². The maximum absolute atomic E-state index is 12.8. The van der Waals surface area contributed by atoms with Crippen LogP contribution >= 0.6 is 12.2 Å². The van der Waals surface area contributed by atoms with Crippen LogP contribution in [-0.4, -0.2) is 44.1 Å². The first-order valence-corrected chi connectivity index (χ1v) is 12.2. The fourth-order valence-electron chi connectivity index (χ4n) is 3.54. The van der Waals surface area contributed by atoms with Gasteiger partial charge in [-0.3, -0.25) is 0 Å². The predicted molar refractivity (Wildman–Crippen MR) is 132 cm³/mol. The van der Waals surface area contributed by atoms with E-state index in [9.17, 15) is 8.42 Å². The maximum atomic E-state index is 12.8. The molecule has 2 N–H and O–H groups in total. The molecule has 0 radical (unpaired) electrons. The highest BCUT2D eigenvalue weighted by atomic mass is 32.2. The van der Waals surface area contributed by atoms with E-state index in [1.165, 1.54) is 9.87 Å². The second-order valence-corrected chi connectivity index (χ2v) is 9.79. The van der Waals surface area contributed by atoms with Crippen LogP contribution in [0.25, 0.3) is 0 Å². The minimum Gasteiger partial charge on any atom is -0.379 e. The van der Waals surface area contributed by atoms with Gasteiger partial charge < -0.3 is 15.4 Å². The Bertz CT molecular complexity index is 1160. The number of hydrogen-bond acceptors (Lipinski definition) is 4. The molecule has 1 fully saturated rings. The van der Waals surface area contributed by atoms with Crippen molar-refractivity contribution in [2.75, 3.05) is 36.9 Å². The van der Waals surface area contributed by atoms with Gasteiger partial charge in [0.1, 0.15) is 0 Å². The van der Waals surface area contributed by atoms with Crippen LogP contribution in [0.5, 0.6) is 0 Å². The maximum Gasteiger partial charge on any atom is 0.243 e. The van der Waals surface area contributed by atoms with Crippen LogP contribution in [0.1, 0.15) is 11.1 Å². The molecule has 4 rings (SSSR count). The highest BCUT2D eigenvalue weighted by molar-refractivity contribution is 7.89. The number of nitrogens with one attached hydrogen (secondary N) is 2. The van der Waals surface area contributed by atoms with E-state index in [1.807, 2.05) is 36.4 Å². The van der Waals surface area contributed by atoms with E-state index in [1.54, 1.807) is 24.3 Å². The molecule has 3 aromatic rings. The van der Waals surface area contributed by atoms with Gasteiger partial charge in [-0.15, -0.1) is 0 Å². The number of morpholine rings is 1. The number of hydrogen-bond donors (Lipinski definition) is 2. The molecule has 166 valence electrons. The lowest BCUT2D eigenvalue weighted by Gasteiger charge is -2.26. The number of rotatable bonds is 6. The Balaban J connectivity index is 1.41. The summed E-state index contributed by atoms with van der Waals surface area (Å²) in [7, 11) is -3.51. The standard InChI is InChI=1S/C24H25N3O3S2/c28-32(29,27-14-16-30-17-15-27)22-12-10-21(11-13-22)25-24(31)26-23-9-5-4-8-20(23)18-19-6-2-1-3-7-19/h1-13H,14-18H2,(H2,25,26,31). The average Bonchev–Trinajstić information content (AvgIpc) is 2.82. The zero-order valence-electron chi connectivity index (χ0n) is 17.5. The van der Waals surface area contributed by atoms with Gasteiger partial charge in [0.2, 0.25) is 10.0 Å². The number of sulfonamides is 1. The van der Waals surface area contributed by atoms with E-state index in [2.05, 4.69) is 28.8 Å². The van der Waals surface area contributed by atoms with Gasteiger partial charge in [-0.1, -0.05) is 48.5 Å². The summed E-state index contributed by atoms with van der Waals surface area (Å²) in [5.74, 6) is 0. The number of para-hydroxylation sites is 1. The third kappa shape index (κ3) is 5.52. The van der Waals surface area contributed by atoms with Crippen LogP contribution in [0.15, 0.2) is 83.8 Å². The van der Waals surface area contributed by atoms with E-state index >= 15 is 0 Å². The quantitative estimate of drug-likeness (QED) is 0.532. The molecule has 0 spiro atoms. The molecule has 0 unspecified atom stereocenters. The van der Waals surface area contributed by atoms with Crippen LogP contribution < -0.4 is 10.6 Å². The zero-order chi connectivity index (χ0) is 22.4. The van der Waals surface area contributed by atoms with Crippen molar-refractivity contribution < 1.29 is 13.2 Å². The van der Waals surface area contributed by atoms with Crippen molar-refractivity contribution in [1.82, 2.24) is 4.31 Å². The molecule has 3 aromatic carbocycles. The second-order valence-electron chi connectivity index (χ2n) is 7.44.